The molecule has 2 N–H and O–H groups in total. The minimum atomic E-state index is -0.722. The van der Waals surface area contributed by atoms with E-state index in [0.29, 0.717) is 16.5 Å². The van der Waals surface area contributed by atoms with Crippen LogP contribution in [0.1, 0.15) is 50.0 Å². The summed E-state index contributed by atoms with van der Waals surface area (Å²) in [5.74, 6) is -0.661. The standard InChI is InChI=1S/C17H24BrNO6/c1-7-12(19-16(22)25-17(3,4)5)24-14-11(18)8-10(15(21)23-6)9(2)13(14)20/h8,12,20H,7H2,1-6H3,(H,19,22). The summed E-state index contributed by atoms with van der Waals surface area (Å²) in [4.78, 5) is 23.6. The number of phenols is 1. The predicted octanol–water partition coefficient (Wildman–Crippen LogP) is 3.89. The Hall–Kier alpha value is -1.96. The molecule has 0 aliphatic carbocycles. The minimum absolute atomic E-state index is 0.119. The molecule has 1 atom stereocenters. The van der Waals surface area contributed by atoms with Gasteiger partial charge in [-0.25, -0.2) is 9.59 Å². The topological polar surface area (TPSA) is 94.1 Å². The van der Waals surface area contributed by atoms with E-state index in [2.05, 4.69) is 26.0 Å². The van der Waals surface area contributed by atoms with Crippen LogP contribution in [-0.4, -0.2) is 36.1 Å². The van der Waals surface area contributed by atoms with E-state index in [1.807, 2.05) is 6.92 Å². The van der Waals surface area contributed by atoms with Crippen molar-refractivity contribution in [3.8, 4) is 11.5 Å². The molecule has 0 fully saturated rings. The average Bonchev–Trinajstić information content (AvgIpc) is 2.51. The number of amides is 1. The van der Waals surface area contributed by atoms with Crippen molar-refractivity contribution in [1.82, 2.24) is 5.32 Å². The lowest BCUT2D eigenvalue weighted by Crippen LogP contribution is -2.41. The van der Waals surface area contributed by atoms with Gasteiger partial charge in [-0.2, -0.15) is 0 Å². The van der Waals surface area contributed by atoms with Crippen molar-refractivity contribution in [3.63, 3.8) is 0 Å². The Morgan fingerprint density at radius 2 is 1.96 bits per heavy atom. The van der Waals surface area contributed by atoms with E-state index in [9.17, 15) is 14.7 Å². The summed E-state index contributed by atoms with van der Waals surface area (Å²) < 4.78 is 15.9. The molecule has 0 radical (unpaired) electrons. The van der Waals surface area contributed by atoms with Crippen molar-refractivity contribution in [1.29, 1.82) is 0 Å². The van der Waals surface area contributed by atoms with Crippen LogP contribution in [0.4, 0.5) is 4.79 Å². The highest BCUT2D eigenvalue weighted by molar-refractivity contribution is 9.10. The monoisotopic (exact) mass is 417 g/mol. The number of halogens is 1. The van der Waals surface area contributed by atoms with E-state index in [4.69, 9.17) is 9.47 Å². The number of ether oxygens (including phenoxy) is 3. The summed E-state index contributed by atoms with van der Waals surface area (Å²) >= 11 is 3.27. The van der Waals surface area contributed by atoms with Gasteiger partial charge >= 0.3 is 12.1 Å². The van der Waals surface area contributed by atoms with Crippen LogP contribution in [0.25, 0.3) is 0 Å². The third-order valence-electron chi connectivity index (χ3n) is 3.18. The second-order valence-corrected chi connectivity index (χ2v) is 7.22. The van der Waals surface area contributed by atoms with E-state index in [1.165, 1.54) is 13.2 Å². The van der Waals surface area contributed by atoms with Gasteiger partial charge in [0.2, 0.25) is 0 Å². The number of methoxy groups -OCH3 is 1. The van der Waals surface area contributed by atoms with Gasteiger partial charge in [0.15, 0.2) is 17.7 Å². The molecule has 1 aromatic carbocycles. The first kappa shape index (κ1) is 21.1. The van der Waals surface area contributed by atoms with Gasteiger partial charge in [0.05, 0.1) is 17.1 Å². The molecule has 0 aliphatic rings. The predicted molar refractivity (Wildman–Crippen MR) is 96.0 cm³/mol. The smallest absolute Gasteiger partial charge is 0.410 e. The maximum absolute atomic E-state index is 11.9. The van der Waals surface area contributed by atoms with Crippen molar-refractivity contribution in [2.75, 3.05) is 7.11 Å². The lowest BCUT2D eigenvalue weighted by Gasteiger charge is -2.24. The van der Waals surface area contributed by atoms with Crippen molar-refractivity contribution in [3.05, 3.63) is 21.7 Å². The van der Waals surface area contributed by atoms with Crippen molar-refractivity contribution in [2.45, 2.75) is 52.9 Å². The summed E-state index contributed by atoms with van der Waals surface area (Å²) in [7, 11) is 1.26. The molecular weight excluding hydrogens is 394 g/mol. The third-order valence-corrected chi connectivity index (χ3v) is 3.77. The number of esters is 1. The zero-order valence-corrected chi connectivity index (χ0v) is 16.8. The number of carbonyl (C=O) groups excluding carboxylic acids is 2. The zero-order valence-electron chi connectivity index (χ0n) is 15.2. The Balaban J connectivity index is 3.02. The van der Waals surface area contributed by atoms with Gasteiger partial charge in [-0.1, -0.05) is 6.92 Å². The fourth-order valence-corrected chi connectivity index (χ4v) is 2.45. The number of hydrogen-bond acceptors (Lipinski definition) is 6. The van der Waals surface area contributed by atoms with Gasteiger partial charge in [0, 0.05) is 12.0 Å². The summed E-state index contributed by atoms with van der Waals surface area (Å²) in [6.07, 6.45) is -0.915. The molecular formula is C17H24BrNO6. The van der Waals surface area contributed by atoms with Gasteiger partial charge < -0.3 is 19.3 Å². The van der Waals surface area contributed by atoms with Crippen molar-refractivity contribution in [2.24, 2.45) is 0 Å². The van der Waals surface area contributed by atoms with Gasteiger partial charge in [0.1, 0.15) is 5.60 Å². The minimum Gasteiger partial charge on any atom is -0.504 e. The number of nitrogens with one attached hydrogen (secondary N) is 1. The molecule has 0 spiro atoms. The van der Waals surface area contributed by atoms with E-state index >= 15 is 0 Å². The summed E-state index contributed by atoms with van der Waals surface area (Å²) in [6, 6.07) is 1.50. The highest BCUT2D eigenvalue weighted by Gasteiger charge is 2.24. The third kappa shape index (κ3) is 5.81. The second-order valence-electron chi connectivity index (χ2n) is 6.36. The molecule has 1 rings (SSSR count). The quantitative estimate of drug-likeness (QED) is 0.557. The molecule has 1 amide bonds. The SMILES string of the molecule is CCC(NC(=O)OC(C)(C)C)Oc1c(Br)cc(C(=O)OC)c(C)c1O. The Kier molecular flexibility index (Phi) is 7.10. The number of carbonyl (C=O) groups is 2. The van der Waals surface area contributed by atoms with E-state index in [-0.39, 0.29) is 17.1 Å². The van der Waals surface area contributed by atoms with E-state index < -0.39 is 23.9 Å². The first-order valence-corrected chi connectivity index (χ1v) is 8.56. The largest absolute Gasteiger partial charge is 0.504 e. The van der Waals surface area contributed by atoms with E-state index in [1.54, 1.807) is 27.7 Å². The van der Waals surface area contributed by atoms with Crippen molar-refractivity contribution < 1.29 is 28.9 Å². The molecule has 8 heteroatoms. The van der Waals surface area contributed by atoms with Crippen LogP contribution in [-0.2, 0) is 9.47 Å². The van der Waals surface area contributed by atoms with Crippen LogP contribution in [0.15, 0.2) is 10.5 Å². The molecule has 0 saturated carbocycles. The Morgan fingerprint density at radius 3 is 2.44 bits per heavy atom. The molecule has 0 bridgehead atoms. The Bertz CT molecular complexity index is 654. The van der Waals surface area contributed by atoms with E-state index in [0.717, 1.165) is 0 Å². The van der Waals surface area contributed by atoms with Gasteiger partial charge in [0.25, 0.3) is 0 Å². The number of phenolic OH excluding ortho intramolecular Hbond substituents is 1. The van der Waals surface area contributed by atoms with Crippen LogP contribution in [0, 0.1) is 6.92 Å². The lowest BCUT2D eigenvalue weighted by molar-refractivity contribution is 0.0384. The fourth-order valence-electron chi connectivity index (χ4n) is 1.94. The first-order chi connectivity index (χ1) is 11.5. The van der Waals surface area contributed by atoms with Gasteiger partial charge in [-0.05, 0) is 49.7 Å². The lowest BCUT2D eigenvalue weighted by atomic mass is 10.1. The maximum atomic E-state index is 11.9. The highest BCUT2D eigenvalue weighted by Crippen LogP contribution is 2.40. The Morgan fingerprint density at radius 1 is 1.36 bits per heavy atom. The maximum Gasteiger partial charge on any atom is 0.410 e. The average molecular weight is 418 g/mol. The van der Waals surface area contributed by atoms with Crippen LogP contribution < -0.4 is 10.1 Å². The molecule has 1 unspecified atom stereocenters. The summed E-state index contributed by atoms with van der Waals surface area (Å²) in [5, 5.41) is 12.9. The zero-order chi connectivity index (χ0) is 19.4. The molecule has 0 heterocycles. The van der Waals surface area contributed by atoms with Crippen LogP contribution in [0.5, 0.6) is 11.5 Å². The summed E-state index contributed by atoms with van der Waals surface area (Å²) in [5.41, 5.74) is -0.103. The highest BCUT2D eigenvalue weighted by atomic mass is 79.9. The number of rotatable bonds is 5. The van der Waals surface area contributed by atoms with Crippen LogP contribution in [0.3, 0.4) is 0 Å². The molecule has 1 aromatic rings. The fraction of sp³-hybridized carbons (Fsp3) is 0.529. The second kappa shape index (κ2) is 8.42. The number of alkyl carbamates (subject to hydrolysis) is 1. The van der Waals surface area contributed by atoms with Crippen LogP contribution >= 0.6 is 15.9 Å². The normalized spacial score (nSPS) is 12.3. The molecule has 7 nitrogen and oxygen atoms in total. The number of benzene rings is 1. The molecule has 0 saturated heterocycles. The summed E-state index contributed by atoms with van der Waals surface area (Å²) in [6.45, 7) is 8.65. The number of aromatic hydroxyl groups is 1. The molecule has 140 valence electrons. The first-order valence-electron chi connectivity index (χ1n) is 7.76. The molecule has 25 heavy (non-hydrogen) atoms. The van der Waals surface area contributed by atoms with Crippen molar-refractivity contribution >= 4 is 28.0 Å². The van der Waals surface area contributed by atoms with Gasteiger partial charge in [-0.3, -0.25) is 5.32 Å². The molecule has 0 aliphatic heterocycles. The van der Waals surface area contributed by atoms with Gasteiger partial charge in [-0.15, -0.1) is 0 Å². The molecule has 0 aromatic heterocycles. The number of hydrogen-bond donors (Lipinski definition) is 2. The Labute approximate surface area is 155 Å². The van der Waals surface area contributed by atoms with Crippen LogP contribution in [0.2, 0.25) is 0 Å².